The molecule has 0 saturated heterocycles. The van der Waals surface area contributed by atoms with Crippen LogP contribution in [0.2, 0.25) is 0 Å². The van der Waals surface area contributed by atoms with Crippen LogP contribution < -0.4 is 4.65 Å². The number of rotatable bonds is 6. The lowest BCUT2D eigenvalue weighted by atomic mass is 9.64. The van der Waals surface area contributed by atoms with Crippen molar-refractivity contribution in [3.63, 3.8) is 0 Å². The minimum atomic E-state index is -0.178. The van der Waals surface area contributed by atoms with Gasteiger partial charge in [0.15, 0.2) is 17.2 Å². The number of fused-ring (bicyclic) bond motifs is 3. The molecule has 0 bridgehead atoms. The number of para-hydroxylation sites is 1. The first-order chi connectivity index (χ1) is 14.2. The molecule has 6 heteroatoms. The molecule has 2 aliphatic carbocycles. The van der Waals surface area contributed by atoms with Crippen LogP contribution in [0, 0.1) is 11.8 Å². The van der Waals surface area contributed by atoms with Gasteiger partial charge in [-0.3, -0.25) is 9.69 Å². The average Bonchev–Trinajstić information content (AvgIpc) is 3.04. The summed E-state index contributed by atoms with van der Waals surface area (Å²) in [6, 6.07) is 8.43. The minimum Gasteiger partial charge on any atom is -0.395 e. The standard InChI is InChI=1S/C23H31N2O4/c1-29-25-14-18(24(9-11-26)10-12-27)16-7-4-5-15-13-20(28)22(23(25)21(15)16)17-6-2-3-8-19(17)25/h2-3,6,8,15-16,18,22,26-27H,4-5,7,9-14H2,1H3/q+1. The maximum Gasteiger partial charge on any atom is 0.174 e. The fraction of sp³-hybridized carbons (Fsp3) is 0.609. The van der Waals surface area contributed by atoms with Gasteiger partial charge < -0.3 is 10.2 Å². The molecule has 1 saturated carbocycles. The van der Waals surface area contributed by atoms with Gasteiger partial charge in [0.05, 0.1) is 26.4 Å². The van der Waals surface area contributed by atoms with E-state index in [1.54, 1.807) is 7.11 Å². The van der Waals surface area contributed by atoms with E-state index in [1.165, 1.54) is 11.3 Å². The number of quaternary nitrogens is 1. The van der Waals surface area contributed by atoms with E-state index >= 15 is 0 Å². The predicted molar refractivity (Wildman–Crippen MR) is 110 cm³/mol. The van der Waals surface area contributed by atoms with Gasteiger partial charge in [0.1, 0.15) is 12.5 Å². The normalized spacial score (nSPS) is 35.1. The number of carbonyl (C=O) groups is 1. The van der Waals surface area contributed by atoms with E-state index in [0.717, 1.165) is 30.5 Å². The van der Waals surface area contributed by atoms with Crippen LogP contribution in [0.4, 0.5) is 5.69 Å². The molecule has 2 N–H and O–H groups in total. The van der Waals surface area contributed by atoms with Crippen molar-refractivity contribution in [2.75, 3.05) is 40.0 Å². The number of aliphatic hydroxyl groups is 2. The van der Waals surface area contributed by atoms with E-state index in [4.69, 9.17) is 4.84 Å². The molecule has 5 atom stereocenters. The Morgan fingerprint density at radius 3 is 2.66 bits per heavy atom. The largest absolute Gasteiger partial charge is 0.395 e. The molecule has 1 aromatic carbocycles. The molecule has 6 nitrogen and oxygen atoms in total. The van der Waals surface area contributed by atoms with Gasteiger partial charge in [0.2, 0.25) is 0 Å². The highest BCUT2D eigenvalue weighted by Gasteiger charge is 2.63. The first kappa shape index (κ1) is 19.4. The lowest BCUT2D eigenvalue weighted by Gasteiger charge is -2.51. The van der Waals surface area contributed by atoms with E-state index < -0.39 is 0 Å². The molecule has 5 unspecified atom stereocenters. The first-order valence-corrected chi connectivity index (χ1v) is 10.9. The molecular formula is C23H31N2O4+. The highest BCUT2D eigenvalue weighted by molar-refractivity contribution is 5.95. The van der Waals surface area contributed by atoms with Crippen LogP contribution in [0.25, 0.3) is 0 Å². The van der Waals surface area contributed by atoms with Gasteiger partial charge in [-0.05, 0) is 24.3 Å². The molecular weight excluding hydrogens is 368 g/mol. The molecule has 29 heavy (non-hydrogen) atoms. The third-order valence-electron chi connectivity index (χ3n) is 7.74. The number of hydrogen-bond donors (Lipinski definition) is 2. The molecule has 2 heterocycles. The van der Waals surface area contributed by atoms with Crippen LogP contribution in [-0.4, -0.2) is 66.9 Å². The zero-order valence-electron chi connectivity index (χ0n) is 17.1. The summed E-state index contributed by atoms with van der Waals surface area (Å²) in [5.74, 6) is 0.832. The number of Topliss-reactive ketones (excluding diaryl/α,β-unsaturated/α-hetero) is 1. The van der Waals surface area contributed by atoms with Gasteiger partial charge >= 0.3 is 0 Å². The SMILES string of the molecule is CO[N+]12CC(N(CCO)CCO)C3CCCC4CC(=O)C(C1=C43)c1ccccc12. The van der Waals surface area contributed by atoms with Crippen LogP contribution in [0.15, 0.2) is 35.5 Å². The molecule has 4 aliphatic rings. The fourth-order valence-corrected chi connectivity index (χ4v) is 6.75. The average molecular weight is 400 g/mol. The smallest absolute Gasteiger partial charge is 0.174 e. The van der Waals surface area contributed by atoms with Crippen molar-refractivity contribution < 1.29 is 19.8 Å². The van der Waals surface area contributed by atoms with Crippen molar-refractivity contribution in [2.24, 2.45) is 11.8 Å². The van der Waals surface area contributed by atoms with Crippen LogP contribution >= 0.6 is 0 Å². The zero-order valence-corrected chi connectivity index (χ0v) is 17.1. The molecule has 156 valence electrons. The van der Waals surface area contributed by atoms with Crippen molar-refractivity contribution in [1.82, 2.24) is 9.55 Å². The van der Waals surface area contributed by atoms with Crippen molar-refractivity contribution in [2.45, 2.75) is 37.6 Å². The van der Waals surface area contributed by atoms with E-state index in [1.807, 2.05) is 12.1 Å². The predicted octanol–water partition coefficient (Wildman–Crippen LogP) is 1.96. The summed E-state index contributed by atoms with van der Waals surface area (Å²) in [4.78, 5) is 21.8. The lowest BCUT2D eigenvalue weighted by molar-refractivity contribution is -0.134. The first-order valence-electron chi connectivity index (χ1n) is 10.9. The summed E-state index contributed by atoms with van der Waals surface area (Å²) in [5, 5.41) is 19.4. The van der Waals surface area contributed by atoms with Crippen molar-refractivity contribution in [3.8, 4) is 0 Å². The number of ketones is 1. The Balaban J connectivity index is 1.73. The second kappa shape index (κ2) is 7.29. The molecule has 0 spiro atoms. The van der Waals surface area contributed by atoms with Gasteiger partial charge in [0, 0.05) is 37.1 Å². The van der Waals surface area contributed by atoms with E-state index in [-0.39, 0.29) is 25.2 Å². The van der Waals surface area contributed by atoms with Crippen LogP contribution in [0.3, 0.4) is 0 Å². The van der Waals surface area contributed by atoms with Gasteiger partial charge in [-0.25, -0.2) is 0 Å². The maximum absolute atomic E-state index is 13.3. The summed E-state index contributed by atoms with van der Waals surface area (Å²) in [6.07, 6.45) is 3.94. The molecule has 0 amide bonds. The third-order valence-corrected chi connectivity index (χ3v) is 7.74. The Labute approximate surface area is 171 Å². The van der Waals surface area contributed by atoms with Crippen molar-refractivity contribution in [3.05, 3.63) is 41.1 Å². The minimum absolute atomic E-state index is 0.0727. The van der Waals surface area contributed by atoms with E-state index in [0.29, 0.717) is 48.3 Å². The zero-order chi connectivity index (χ0) is 20.2. The van der Waals surface area contributed by atoms with Gasteiger partial charge in [-0.1, -0.05) is 24.6 Å². The Kier molecular flexibility index (Phi) is 4.87. The number of carbonyl (C=O) groups excluding carboxylic acids is 1. The quantitative estimate of drug-likeness (QED) is 0.716. The molecule has 1 fully saturated rings. The van der Waals surface area contributed by atoms with E-state index in [9.17, 15) is 15.0 Å². The van der Waals surface area contributed by atoms with Crippen molar-refractivity contribution in [1.29, 1.82) is 0 Å². The van der Waals surface area contributed by atoms with Crippen LogP contribution in [0.1, 0.15) is 37.2 Å². The second-order valence-electron chi connectivity index (χ2n) is 8.89. The van der Waals surface area contributed by atoms with Gasteiger partial charge in [0.25, 0.3) is 0 Å². The molecule has 0 radical (unpaired) electrons. The number of benzene rings is 1. The van der Waals surface area contributed by atoms with E-state index in [2.05, 4.69) is 17.0 Å². The second-order valence-corrected chi connectivity index (χ2v) is 8.89. The topological polar surface area (TPSA) is 70.0 Å². The number of hydrogen-bond acceptors (Lipinski definition) is 5. The molecule has 2 aliphatic heterocycles. The monoisotopic (exact) mass is 399 g/mol. The van der Waals surface area contributed by atoms with Crippen LogP contribution in [-0.2, 0) is 9.63 Å². The molecule has 1 aromatic rings. The third kappa shape index (κ3) is 2.63. The highest BCUT2D eigenvalue weighted by atomic mass is 16.7. The summed E-state index contributed by atoms with van der Waals surface area (Å²) in [5.41, 5.74) is 4.81. The molecule has 5 rings (SSSR count). The Morgan fingerprint density at radius 2 is 1.93 bits per heavy atom. The summed E-state index contributed by atoms with van der Waals surface area (Å²) in [6.45, 7) is 1.95. The number of hydroxylamine groups is 2. The van der Waals surface area contributed by atoms with Crippen molar-refractivity contribution >= 4 is 11.5 Å². The maximum atomic E-state index is 13.3. The fourth-order valence-electron chi connectivity index (χ4n) is 6.75. The summed E-state index contributed by atoms with van der Waals surface area (Å²) < 4.78 is 0.299. The Hall–Kier alpha value is -1.57. The Morgan fingerprint density at radius 1 is 1.17 bits per heavy atom. The van der Waals surface area contributed by atoms with Gasteiger partial charge in [-0.2, -0.15) is 4.84 Å². The number of aliphatic hydroxyl groups excluding tert-OH is 2. The summed E-state index contributed by atoms with van der Waals surface area (Å²) in [7, 11) is 1.75. The number of allylic oxidation sites excluding steroid dienone is 1. The Bertz CT molecular complexity index is 847. The van der Waals surface area contributed by atoms with Crippen LogP contribution in [0.5, 0.6) is 0 Å². The lowest BCUT2D eigenvalue weighted by Crippen LogP contribution is -2.63. The highest BCUT2D eigenvalue weighted by Crippen LogP contribution is 2.60. The summed E-state index contributed by atoms with van der Waals surface area (Å²) >= 11 is 0. The number of nitrogens with zero attached hydrogens (tertiary/aromatic N) is 2. The molecule has 0 aromatic heterocycles. The van der Waals surface area contributed by atoms with Gasteiger partial charge in [-0.15, -0.1) is 4.65 Å².